The molecule has 1 aliphatic heterocycles. The summed E-state index contributed by atoms with van der Waals surface area (Å²) >= 11 is 0. The summed E-state index contributed by atoms with van der Waals surface area (Å²) in [5.41, 5.74) is 9.52. The molecule has 1 saturated heterocycles. The molecule has 0 unspecified atom stereocenters. The lowest BCUT2D eigenvalue weighted by molar-refractivity contribution is 0.260. The van der Waals surface area contributed by atoms with Crippen LogP contribution in [0.3, 0.4) is 0 Å². The molecule has 158 valence electrons. The normalized spacial score (nSPS) is 15.6. The van der Waals surface area contributed by atoms with Crippen LogP contribution in [0.15, 0.2) is 78.4 Å². The van der Waals surface area contributed by atoms with Gasteiger partial charge in [0.15, 0.2) is 0 Å². The van der Waals surface area contributed by atoms with Crippen LogP contribution in [0.5, 0.6) is 0 Å². The van der Waals surface area contributed by atoms with Crippen molar-refractivity contribution in [2.45, 2.75) is 19.3 Å². The second kappa shape index (κ2) is 9.64. The monoisotopic (exact) mass is 431 g/mol. The van der Waals surface area contributed by atoms with Gasteiger partial charge in [0.25, 0.3) is 0 Å². The molecule has 5 rings (SSSR count). The molecule has 0 radical (unpaired) electrons. The Hall–Kier alpha value is -2.68. The Bertz CT molecular complexity index is 1050. The molecule has 0 saturated carbocycles. The summed E-state index contributed by atoms with van der Waals surface area (Å²) in [5, 5.41) is 0. The predicted molar refractivity (Wildman–Crippen MR) is 131 cm³/mol. The molecule has 1 nitrogen and oxygen atoms in total. The van der Waals surface area contributed by atoms with Gasteiger partial charge in [0.1, 0.15) is 5.82 Å². The largest absolute Gasteiger partial charge is 0.302 e. The van der Waals surface area contributed by atoms with Gasteiger partial charge >= 0.3 is 0 Å². The van der Waals surface area contributed by atoms with Crippen molar-refractivity contribution in [1.82, 2.24) is 4.90 Å². The number of nitrogens with zero attached hydrogens (tertiary/aromatic N) is 1. The third-order valence-electron chi connectivity index (χ3n) is 6.35. The minimum atomic E-state index is -0.161. The summed E-state index contributed by atoms with van der Waals surface area (Å²) < 4.78 is 13.1. The molecule has 3 aromatic rings. The molecule has 0 N–H and O–H groups in total. The van der Waals surface area contributed by atoms with E-state index in [9.17, 15) is 4.39 Å². The molecular weight excluding hydrogens is 405 g/mol. The number of likely N-dealkylation sites (tertiary alicyclic amines) is 1. The fraction of sp³-hybridized carbons (Fsp3) is 0.214. The van der Waals surface area contributed by atoms with Crippen molar-refractivity contribution in [3.63, 3.8) is 0 Å². The molecule has 0 atom stereocenters. The van der Waals surface area contributed by atoms with Crippen LogP contribution in [0.2, 0.25) is 0 Å². The van der Waals surface area contributed by atoms with Crippen molar-refractivity contribution in [1.29, 1.82) is 0 Å². The number of piperidine rings is 1. The first-order valence-electron chi connectivity index (χ1n) is 10.8. The Labute approximate surface area is 190 Å². The molecule has 3 heteroatoms. The van der Waals surface area contributed by atoms with Crippen molar-refractivity contribution >= 4 is 30.1 Å². The molecule has 3 aromatic carbocycles. The zero-order valence-corrected chi connectivity index (χ0v) is 18.4. The van der Waals surface area contributed by atoms with E-state index in [2.05, 4.69) is 65.6 Å². The van der Waals surface area contributed by atoms with Crippen LogP contribution < -0.4 is 0 Å². The number of rotatable bonds is 3. The molecular formula is C28H27ClFN. The second-order valence-corrected chi connectivity index (χ2v) is 8.20. The van der Waals surface area contributed by atoms with E-state index in [0.717, 1.165) is 38.9 Å². The highest BCUT2D eigenvalue weighted by Gasteiger charge is 2.22. The van der Waals surface area contributed by atoms with Gasteiger partial charge in [-0.3, -0.25) is 0 Å². The number of halogens is 2. The molecule has 31 heavy (non-hydrogen) atoms. The maximum atomic E-state index is 13.1. The minimum absolute atomic E-state index is 0. The van der Waals surface area contributed by atoms with Gasteiger partial charge in [0.05, 0.1) is 0 Å². The number of fused-ring (bicyclic) bond motifs is 2. The first-order valence-corrected chi connectivity index (χ1v) is 10.8. The smallest absolute Gasteiger partial charge is 0.123 e. The van der Waals surface area contributed by atoms with Crippen LogP contribution in [-0.2, 0) is 6.42 Å². The lowest BCUT2D eigenvalue weighted by atomic mass is 9.86. The number of hydrogen-bond acceptors (Lipinski definition) is 1. The maximum absolute atomic E-state index is 13.1. The van der Waals surface area contributed by atoms with Crippen LogP contribution in [0.4, 0.5) is 4.39 Å². The van der Waals surface area contributed by atoms with Crippen molar-refractivity contribution in [2.24, 2.45) is 0 Å². The first kappa shape index (κ1) is 21.5. The highest BCUT2D eigenvalue weighted by atomic mass is 35.5. The maximum Gasteiger partial charge on any atom is 0.123 e. The van der Waals surface area contributed by atoms with Gasteiger partial charge in [0.2, 0.25) is 0 Å². The highest BCUT2D eigenvalue weighted by molar-refractivity contribution is 5.94. The van der Waals surface area contributed by atoms with Gasteiger partial charge < -0.3 is 4.90 Å². The van der Waals surface area contributed by atoms with Gasteiger partial charge in [-0.15, -0.1) is 12.4 Å². The zero-order valence-electron chi connectivity index (χ0n) is 17.6. The first-order chi connectivity index (χ1) is 14.8. The molecule has 1 heterocycles. The van der Waals surface area contributed by atoms with Crippen LogP contribution >= 0.6 is 12.4 Å². The lowest BCUT2D eigenvalue weighted by Gasteiger charge is -2.30. The second-order valence-electron chi connectivity index (χ2n) is 8.20. The summed E-state index contributed by atoms with van der Waals surface area (Å²) in [5.74, 6) is -0.161. The van der Waals surface area contributed by atoms with Gasteiger partial charge in [-0.25, -0.2) is 4.39 Å². The van der Waals surface area contributed by atoms with Crippen LogP contribution in [0.1, 0.15) is 40.7 Å². The molecule has 0 aromatic heterocycles. The van der Waals surface area contributed by atoms with Gasteiger partial charge in [-0.1, -0.05) is 78.4 Å². The van der Waals surface area contributed by atoms with Crippen molar-refractivity contribution in [2.75, 3.05) is 19.6 Å². The highest BCUT2D eigenvalue weighted by Crippen LogP contribution is 2.38. The van der Waals surface area contributed by atoms with Gasteiger partial charge in [0, 0.05) is 19.6 Å². The van der Waals surface area contributed by atoms with Crippen LogP contribution in [0.25, 0.3) is 17.7 Å². The van der Waals surface area contributed by atoms with Crippen molar-refractivity contribution < 1.29 is 4.39 Å². The zero-order chi connectivity index (χ0) is 20.3. The lowest BCUT2D eigenvalue weighted by Crippen LogP contribution is -2.32. The number of benzene rings is 3. The molecule has 0 spiro atoms. The van der Waals surface area contributed by atoms with E-state index in [0.29, 0.717) is 0 Å². The standard InChI is InChI=1S/C28H26FN.ClH/c29-25-13-9-21(10-14-25)15-18-30-19-16-24(17-20-30)28-26-7-3-1-5-22(26)11-12-23-6-2-4-8-27(23)28;/h1-14H,15-20H2;1H. The number of hydrogen-bond donors (Lipinski definition) is 0. The van der Waals surface area contributed by atoms with Crippen LogP contribution in [0, 0.1) is 5.82 Å². The van der Waals surface area contributed by atoms with Crippen molar-refractivity contribution in [3.8, 4) is 0 Å². The van der Waals surface area contributed by atoms with E-state index < -0.39 is 0 Å². The van der Waals surface area contributed by atoms with Gasteiger partial charge in [-0.2, -0.15) is 0 Å². The van der Waals surface area contributed by atoms with E-state index in [-0.39, 0.29) is 18.2 Å². The molecule has 1 fully saturated rings. The Kier molecular flexibility index (Phi) is 6.70. The van der Waals surface area contributed by atoms with E-state index in [1.54, 1.807) is 17.7 Å². The molecule has 1 aliphatic carbocycles. The Morgan fingerprint density at radius 1 is 0.710 bits per heavy atom. The van der Waals surface area contributed by atoms with E-state index in [1.807, 2.05) is 12.1 Å². The summed E-state index contributed by atoms with van der Waals surface area (Å²) in [6, 6.07) is 24.4. The average molecular weight is 432 g/mol. The van der Waals surface area contributed by atoms with Crippen molar-refractivity contribution in [3.05, 3.63) is 112 Å². The minimum Gasteiger partial charge on any atom is -0.302 e. The summed E-state index contributed by atoms with van der Waals surface area (Å²) in [7, 11) is 0. The van der Waals surface area contributed by atoms with Crippen LogP contribution in [-0.4, -0.2) is 24.5 Å². The third-order valence-corrected chi connectivity index (χ3v) is 6.35. The predicted octanol–water partition coefficient (Wildman–Crippen LogP) is 6.87. The molecule has 0 bridgehead atoms. The Morgan fingerprint density at radius 2 is 1.26 bits per heavy atom. The van der Waals surface area contributed by atoms with Gasteiger partial charge in [-0.05, 0) is 64.8 Å². The quantitative estimate of drug-likeness (QED) is 0.342. The molecule has 2 aliphatic rings. The summed E-state index contributed by atoms with van der Waals surface area (Å²) in [6.07, 6.45) is 7.67. The Morgan fingerprint density at radius 3 is 1.84 bits per heavy atom. The summed E-state index contributed by atoms with van der Waals surface area (Å²) in [4.78, 5) is 2.54. The van der Waals surface area contributed by atoms with E-state index in [4.69, 9.17) is 0 Å². The Balaban J connectivity index is 0.00000231. The average Bonchev–Trinajstić information content (AvgIpc) is 2.96. The summed E-state index contributed by atoms with van der Waals surface area (Å²) in [6.45, 7) is 3.19. The van der Waals surface area contributed by atoms with E-state index in [1.165, 1.54) is 33.4 Å². The fourth-order valence-electron chi connectivity index (χ4n) is 4.68. The topological polar surface area (TPSA) is 3.24 Å². The fourth-order valence-corrected chi connectivity index (χ4v) is 4.68. The van der Waals surface area contributed by atoms with E-state index >= 15 is 0 Å². The SMILES string of the molecule is Cl.Fc1ccc(CCN2CCC(=C3c4ccccc4C=Cc4ccccc43)CC2)cc1. The third kappa shape index (κ3) is 4.66. The molecule has 0 amide bonds.